The van der Waals surface area contributed by atoms with Crippen molar-refractivity contribution < 1.29 is 22.6 Å². The molecule has 1 saturated carbocycles. The maximum atomic E-state index is 13.6. The summed E-state index contributed by atoms with van der Waals surface area (Å²) in [6.07, 6.45) is 1.04. The molecule has 8 heteroatoms. The van der Waals surface area contributed by atoms with Gasteiger partial charge in [0.15, 0.2) is 0 Å². The highest BCUT2D eigenvalue weighted by atomic mass is 19.4. The number of piperidine rings is 1. The normalized spacial score (nSPS) is 29.2. The van der Waals surface area contributed by atoms with Crippen LogP contribution in [0, 0.1) is 28.6 Å². The van der Waals surface area contributed by atoms with E-state index in [9.17, 15) is 13.2 Å². The van der Waals surface area contributed by atoms with Crippen molar-refractivity contribution >= 4 is 5.69 Å². The van der Waals surface area contributed by atoms with Gasteiger partial charge >= 0.3 is 6.18 Å². The first-order valence-corrected chi connectivity index (χ1v) is 12.1. The Bertz CT molecular complexity index is 892. The van der Waals surface area contributed by atoms with Gasteiger partial charge < -0.3 is 14.4 Å². The molecule has 0 unspecified atom stereocenters. The average Bonchev–Trinajstić information content (AvgIpc) is 3.56. The van der Waals surface area contributed by atoms with Crippen molar-refractivity contribution in [1.82, 2.24) is 4.90 Å². The van der Waals surface area contributed by atoms with Gasteiger partial charge in [-0.2, -0.15) is 18.4 Å². The zero-order chi connectivity index (χ0) is 23.1. The van der Waals surface area contributed by atoms with Gasteiger partial charge in [0.1, 0.15) is 0 Å². The van der Waals surface area contributed by atoms with Gasteiger partial charge in [-0.25, -0.2) is 0 Å². The zero-order valence-electron chi connectivity index (χ0n) is 18.9. The second kappa shape index (κ2) is 9.09. The Balaban J connectivity index is 1.38. The van der Waals surface area contributed by atoms with Crippen LogP contribution in [0.5, 0.6) is 0 Å². The lowest BCUT2D eigenvalue weighted by Gasteiger charge is -2.47. The fourth-order valence-corrected chi connectivity index (χ4v) is 5.96. The molecule has 33 heavy (non-hydrogen) atoms. The largest absolute Gasteiger partial charge is 0.417 e. The fraction of sp³-hybridized carbons (Fsp3) is 0.720. The lowest BCUT2D eigenvalue weighted by molar-refractivity contribution is -0.137. The van der Waals surface area contributed by atoms with Gasteiger partial charge in [0.2, 0.25) is 0 Å². The van der Waals surface area contributed by atoms with Gasteiger partial charge in [0, 0.05) is 56.6 Å². The lowest BCUT2D eigenvalue weighted by Crippen LogP contribution is -2.55. The zero-order valence-corrected chi connectivity index (χ0v) is 18.9. The summed E-state index contributed by atoms with van der Waals surface area (Å²) in [5, 5.41) is 9.15. The SMILES string of the molecule is N#Cc1ccc(N2C[C@@H]3CCN(C4CCOCC4)C[C@]3(COCC3CC3)C2)cc1C(F)(F)F. The topological polar surface area (TPSA) is 48.7 Å². The number of ether oxygens (including phenoxy) is 2. The number of halogens is 3. The van der Waals surface area contributed by atoms with E-state index in [4.69, 9.17) is 14.7 Å². The molecule has 4 fully saturated rings. The van der Waals surface area contributed by atoms with Crippen LogP contribution in [0.15, 0.2) is 18.2 Å². The van der Waals surface area contributed by atoms with E-state index < -0.39 is 11.7 Å². The summed E-state index contributed by atoms with van der Waals surface area (Å²) in [6.45, 7) is 6.41. The predicted octanol–water partition coefficient (Wildman–Crippen LogP) is 4.31. The van der Waals surface area contributed by atoms with Crippen LogP contribution in [0.3, 0.4) is 0 Å². The Morgan fingerprint density at radius 2 is 1.91 bits per heavy atom. The molecule has 3 aliphatic heterocycles. The van der Waals surface area contributed by atoms with Crippen molar-refractivity contribution in [2.45, 2.75) is 44.3 Å². The van der Waals surface area contributed by atoms with Crippen LogP contribution in [-0.2, 0) is 15.7 Å². The molecule has 1 aliphatic carbocycles. The Kier molecular flexibility index (Phi) is 6.32. The Morgan fingerprint density at radius 1 is 1.12 bits per heavy atom. The monoisotopic (exact) mass is 463 g/mol. The molecular formula is C25H32F3N3O2. The number of nitrogens with zero attached hydrogens (tertiary/aromatic N) is 3. The van der Waals surface area contributed by atoms with Crippen molar-refractivity contribution in [1.29, 1.82) is 5.26 Å². The molecule has 4 aliphatic rings. The molecule has 1 aromatic rings. The minimum absolute atomic E-state index is 0.0856. The summed E-state index contributed by atoms with van der Waals surface area (Å²) in [5.41, 5.74) is -0.705. The van der Waals surface area contributed by atoms with Crippen molar-refractivity contribution in [3.05, 3.63) is 29.3 Å². The van der Waals surface area contributed by atoms with Gasteiger partial charge in [0.05, 0.1) is 23.8 Å². The molecule has 0 aromatic heterocycles. The van der Waals surface area contributed by atoms with Crippen molar-refractivity contribution in [2.24, 2.45) is 17.3 Å². The van der Waals surface area contributed by atoms with Gasteiger partial charge in [-0.3, -0.25) is 4.90 Å². The molecule has 5 nitrogen and oxygen atoms in total. The van der Waals surface area contributed by atoms with E-state index in [-0.39, 0.29) is 11.0 Å². The second-order valence-electron chi connectivity index (χ2n) is 10.3. The first-order valence-electron chi connectivity index (χ1n) is 12.1. The molecule has 0 amide bonds. The number of anilines is 1. The number of fused-ring (bicyclic) bond motifs is 1. The summed E-state index contributed by atoms with van der Waals surface area (Å²) < 4.78 is 52.5. The van der Waals surface area contributed by atoms with Crippen LogP contribution in [0.2, 0.25) is 0 Å². The molecule has 0 bridgehead atoms. The van der Waals surface area contributed by atoms with Crippen LogP contribution in [0.4, 0.5) is 18.9 Å². The van der Waals surface area contributed by atoms with Crippen molar-refractivity contribution in [2.75, 3.05) is 57.5 Å². The number of nitriles is 1. The van der Waals surface area contributed by atoms with Crippen LogP contribution < -0.4 is 4.90 Å². The highest BCUT2D eigenvalue weighted by molar-refractivity contribution is 5.56. The number of hydrogen-bond donors (Lipinski definition) is 0. The summed E-state index contributed by atoms with van der Waals surface area (Å²) >= 11 is 0. The van der Waals surface area contributed by atoms with Crippen molar-refractivity contribution in [3.63, 3.8) is 0 Å². The molecule has 5 rings (SSSR count). The Hall–Kier alpha value is -1.82. The molecule has 180 valence electrons. The molecule has 2 atom stereocenters. The third-order valence-electron chi connectivity index (χ3n) is 8.04. The van der Waals surface area contributed by atoms with E-state index in [2.05, 4.69) is 9.80 Å². The smallest absolute Gasteiger partial charge is 0.381 e. The first kappa shape index (κ1) is 22.9. The standard InChI is InChI=1S/C25H32F3N3O2/c26-25(27,28)23-11-22(4-3-19(23)12-29)31-13-20-5-8-30(21-6-9-32-10-7-21)15-24(20,16-31)17-33-14-18-1-2-18/h3-4,11,18,20-21H,1-2,5-10,13-17H2/t20-,24+/m0/s1. The van der Waals surface area contributed by atoms with Crippen LogP contribution in [-0.4, -0.2) is 63.5 Å². The summed E-state index contributed by atoms with van der Waals surface area (Å²) in [6, 6.07) is 6.34. The maximum absolute atomic E-state index is 13.6. The van der Waals surface area contributed by atoms with Gasteiger partial charge in [-0.05, 0) is 68.7 Å². The third kappa shape index (κ3) is 4.87. The number of alkyl halides is 3. The quantitative estimate of drug-likeness (QED) is 0.629. The van der Waals surface area contributed by atoms with Crippen LogP contribution in [0.25, 0.3) is 0 Å². The highest BCUT2D eigenvalue weighted by Crippen LogP contribution is 2.46. The van der Waals surface area contributed by atoms with Crippen molar-refractivity contribution in [3.8, 4) is 6.07 Å². The van der Waals surface area contributed by atoms with Gasteiger partial charge in [-0.15, -0.1) is 0 Å². The Labute approximate surface area is 193 Å². The third-order valence-corrected chi connectivity index (χ3v) is 8.04. The van der Waals surface area contributed by atoms with Crippen LogP contribution >= 0.6 is 0 Å². The fourth-order valence-electron chi connectivity index (χ4n) is 5.96. The molecule has 0 N–H and O–H groups in total. The van der Waals surface area contributed by atoms with E-state index >= 15 is 0 Å². The maximum Gasteiger partial charge on any atom is 0.417 e. The number of hydrogen-bond acceptors (Lipinski definition) is 5. The van der Waals surface area contributed by atoms with Gasteiger partial charge in [0.25, 0.3) is 0 Å². The summed E-state index contributed by atoms with van der Waals surface area (Å²) in [5.74, 6) is 1.07. The van der Waals surface area contributed by atoms with E-state index in [1.165, 1.54) is 18.9 Å². The molecule has 3 heterocycles. The molecular weight excluding hydrogens is 431 g/mol. The molecule has 0 radical (unpaired) electrons. The Morgan fingerprint density at radius 3 is 2.61 bits per heavy atom. The summed E-state index contributed by atoms with van der Waals surface area (Å²) in [4.78, 5) is 4.68. The second-order valence-corrected chi connectivity index (χ2v) is 10.3. The first-order chi connectivity index (χ1) is 15.9. The summed E-state index contributed by atoms with van der Waals surface area (Å²) in [7, 11) is 0. The molecule has 1 aromatic carbocycles. The number of rotatable bonds is 6. The number of likely N-dealkylation sites (tertiary alicyclic amines) is 1. The van der Waals surface area contributed by atoms with E-state index in [0.717, 1.165) is 64.8 Å². The van der Waals surface area contributed by atoms with Gasteiger partial charge in [-0.1, -0.05) is 0 Å². The molecule has 3 saturated heterocycles. The minimum atomic E-state index is -4.54. The predicted molar refractivity (Wildman–Crippen MR) is 118 cm³/mol. The molecule has 0 spiro atoms. The van der Waals surface area contributed by atoms with E-state index in [1.54, 1.807) is 12.1 Å². The number of benzene rings is 1. The van der Waals surface area contributed by atoms with E-state index in [0.29, 0.717) is 36.7 Å². The van der Waals surface area contributed by atoms with Crippen LogP contribution in [0.1, 0.15) is 43.2 Å². The lowest BCUT2D eigenvalue weighted by atomic mass is 9.73. The minimum Gasteiger partial charge on any atom is -0.381 e. The van der Waals surface area contributed by atoms with E-state index in [1.807, 2.05) is 0 Å². The average molecular weight is 464 g/mol. The highest BCUT2D eigenvalue weighted by Gasteiger charge is 2.51.